The lowest BCUT2D eigenvalue weighted by molar-refractivity contribution is 0.102. The van der Waals surface area contributed by atoms with Crippen molar-refractivity contribution in [3.63, 3.8) is 0 Å². The molecule has 3 rings (SSSR count). The Kier molecular flexibility index (Phi) is 5.25. The molecule has 138 valence electrons. The Morgan fingerprint density at radius 2 is 1.81 bits per heavy atom. The topological polar surface area (TPSA) is 58.1 Å². The van der Waals surface area contributed by atoms with Gasteiger partial charge in [0.05, 0.1) is 0 Å². The van der Waals surface area contributed by atoms with Crippen LogP contribution in [-0.2, 0) is 0 Å². The van der Waals surface area contributed by atoms with Crippen LogP contribution in [0.15, 0.2) is 18.2 Å². The Morgan fingerprint density at radius 3 is 2.46 bits per heavy atom. The van der Waals surface area contributed by atoms with Crippen LogP contribution in [0.4, 0.5) is 11.6 Å². The maximum Gasteiger partial charge on any atom is 0.274 e. The molecule has 2 heterocycles. The number of hydrogen-bond donors (Lipinski definition) is 1. The highest BCUT2D eigenvalue weighted by atomic mass is 16.1. The molecule has 1 aliphatic heterocycles. The van der Waals surface area contributed by atoms with E-state index >= 15 is 0 Å². The minimum absolute atomic E-state index is 0.183. The van der Waals surface area contributed by atoms with E-state index in [0.29, 0.717) is 17.6 Å². The van der Waals surface area contributed by atoms with E-state index in [4.69, 9.17) is 0 Å². The molecule has 1 saturated heterocycles. The van der Waals surface area contributed by atoms with E-state index in [9.17, 15) is 4.79 Å². The minimum atomic E-state index is -0.183. The van der Waals surface area contributed by atoms with Gasteiger partial charge >= 0.3 is 0 Å². The molecule has 0 radical (unpaired) electrons. The summed E-state index contributed by atoms with van der Waals surface area (Å²) in [7, 11) is 0. The summed E-state index contributed by atoms with van der Waals surface area (Å²) in [6, 6.07) is 5.91. The van der Waals surface area contributed by atoms with E-state index in [0.717, 1.165) is 42.0 Å². The number of benzene rings is 1. The molecule has 0 aliphatic carbocycles. The number of aromatic nitrogens is 2. The predicted molar refractivity (Wildman–Crippen MR) is 106 cm³/mol. The van der Waals surface area contributed by atoms with Gasteiger partial charge in [0.2, 0.25) is 5.95 Å². The van der Waals surface area contributed by atoms with E-state index in [-0.39, 0.29) is 5.91 Å². The molecule has 1 amide bonds. The summed E-state index contributed by atoms with van der Waals surface area (Å²) in [4.78, 5) is 24.2. The molecule has 1 aliphatic rings. The third kappa shape index (κ3) is 4.03. The average molecular weight is 352 g/mol. The van der Waals surface area contributed by atoms with Crippen LogP contribution in [0.2, 0.25) is 0 Å². The number of piperidine rings is 1. The van der Waals surface area contributed by atoms with E-state index < -0.39 is 0 Å². The Balaban J connectivity index is 1.86. The van der Waals surface area contributed by atoms with Crippen molar-refractivity contribution in [2.75, 3.05) is 23.3 Å². The number of carbonyl (C=O) groups is 1. The maximum atomic E-state index is 12.8. The smallest absolute Gasteiger partial charge is 0.274 e. The second kappa shape index (κ2) is 7.44. The molecule has 1 N–H and O–H groups in total. The number of hydrogen-bond acceptors (Lipinski definition) is 4. The molecule has 1 atom stereocenters. The number of carbonyl (C=O) groups excluding carboxylic acids is 1. The number of rotatable bonds is 3. The van der Waals surface area contributed by atoms with E-state index in [1.165, 1.54) is 12.0 Å². The summed E-state index contributed by atoms with van der Waals surface area (Å²) in [6.07, 6.45) is 2.38. The Bertz CT molecular complexity index is 808. The average Bonchev–Trinajstić information content (AvgIpc) is 2.57. The quantitative estimate of drug-likeness (QED) is 0.899. The first-order valence-electron chi connectivity index (χ1n) is 9.33. The highest BCUT2D eigenvalue weighted by Gasteiger charge is 2.21. The van der Waals surface area contributed by atoms with E-state index in [1.807, 2.05) is 20.8 Å². The standard InChI is InChI=1S/C21H28N4O/c1-13-7-6-8-25(12-13)21-22-17(5)11-18(23-21)20(26)24-19-15(3)9-14(2)10-16(19)4/h9-11,13H,6-8,12H2,1-5H3,(H,24,26). The van der Waals surface area contributed by atoms with Crippen LogP contribution >= 0.6 is 0 Å². The molecule has 26 heavy (non-hydrogen) atoms. The van der Waals surface area contributed by atoms with E-state index in [2.05, 4.69) is 46.2 Å². The first-order valence-corrected chi connectivity index (χ1v) is 9.33. The summed E-state index contributed by atoms with van der Waals surface area (Å²) in [5, 5.41) is 3.04. The molecule has 1 fully saturated rings. The highest BCUT2D eigenvalue weighted by molar-refractivity contribution is 6.04. The van der Waals surface area contributed by atoms with Crippen LogP contribution < -0.4 is 10.2 Å². The summed E-state index contributed by atoms with van der Waals surface area (Å²) in [6.45, 7) is 12.1. The molecular formula is C21H28N4O. The summed E-state index contributed by atoms with van der Waals surface area (Å²) < 4.78 is 0. The first-order chi connectivity index (χ1) is 12.3. The molecular weight excluding hydrogens is 324 g/mol. The molecule has 2 aromatic rings. The van der Waals surface area contributed by atoms with Crippen molar-refractivity contribution in [3.8, 4) is 0 Å². The van der Waals surface area contributed by atoms with E-state index in [1.54, 1.807) is 6.07 Å². The van der Waals surface area contributed by atoms with Crippen molar-refractivity contribution in [2.24, 2.45) is 5.92 Å². The van der Waals surface area contributed by atoms with Crippen molar-refractivity contribution in [1.82, 2.24) is 9.97 Å². The van der Waals surface area contributed by atoms with Crippen LogP contribution in [0.1, 0.15) is 52.6 Å². The van der Waals surface area contributed by atoms with Gasteiger partial charge in [0, 0.05) is 24.5 Å². The largest absolute Gasteiger partial charge is 0.341 e. The molecule has 0 spiro atoms. The zero-order valence-corrected chi connectivity index (χ0v) is 16.4. The van der Waals surface area contributed by atoms with Gasteiger partial charge in [-0.1, -0.05) is 24.6 Å². The minimum Gasteiger partial charge on any atom is -0.341 e. The van der Waals surface area contributed by atoms with Crippen molar-refractivity contribution < 1.29 is 4.79 Å². The van der Waals surface area contributed by atoms with Gasteiger partial charge in [-0.3, -0.25) is 4.79 Å². The third-order valence-electron chi connectivity index (χ3n) is 4.93. The Labute approximate surface area is 155 Å². The summed E-state index contributed by atoms with van der Waals surface area (Å²) in [5.41, 5.74) is 5.42. The Morgan fingerprint density at radius 1 is 1.12 bits per heavy atom. The monoisotopic (exact) mass is 352 g/mol. The molecule has 1 aromatic carbocycles. The normalized spacial score (nSPS) is 17.3. The zero-order valence-electron chi connectivity index (χ0n) is 16.4. The number of amides is 1. The fraction of sp³-hybridized carbons (Fsp3) is 0.476. The maximum absolute atomic E-state index is 12.8. The van der Waals surface area contributed by atoms with Crippen LogP contribution in [0.25, 0.3) is 0 Å². The van der Waals surface area contributed by atoms with Gasteiger partial charge in [-0.25, -0.2) is 9.97 Å². The fourth-order valence-corrected chi connectivity index (χ4v) is 3.74. The zero-order chi connectivity index (χ0) is 18.8. The SMILES string of the molecule is Cc1cc(C)c(NC(=O)c2cc(C)nc(N3CCCC(C)C3)n2)c(C)c1. The van der Waals surface area contributed by atoms with Crippen molar-refractivity contribution in [3.05, 3.63) is 46.3 Å². The second-order valence-corrected chi connectivity index (χ2v) is 7.62. The molecule has 5 heteroatoms. The van der Waals surface area contributed by atoms with Crippen LogP contribution in [0, 0.1) is 33.6 Å². The molecule has 1 unspecified atom stereocenters. The number of aryl methyl sites for hydroxylation is 4. The third-order valence-corrected chi connectivity index (χ3v) is 4.93. The highest BCUT2D eigenvalue weighted by Crippen LogP contribution is 2.24. The molecule has 1 aromatic heterocycles. The van der Waals surface area contributed by atoms with Crippen molar-refractivity contribution >= 4 is 17.5 Å². The van der Waals surface area contributed by atoms with Crippen molar-refractivity contribution in [1.29, 1.82) is 0 Å². The summed E-state index contributed by atoms with van der Waals surface area (Å²) >= 11 is 0. The predicted octanol–water partition coefficient (Wildman–Crippen LogP) is 4.20. The molecule has 5 nitrogen and oxygen atoms in total. The van der Waals surface area contributed by atoms with Gasteiger partial charge in [0.25, 0.3) is 5.91 Å². The lowest BCUT2D eigenvalue weighted by Gasteiger charge is -2.31. The number of nitrogens with one attached hydrogen (secondary N) is 1. The van der Waals surface area contributed by atoms with Crippen LogP contribution in [-0.4, -0.2) is 29.0 Å². The van der Waals surface area contributed by atoms with Crippen molar-refractivity contribution in [2.45, 2.75) is 47.5 Å². The number of anilines is 2. The molecule has 0 saturated carbocycles. The van der Waals surface area contributed by atoms with Gasteiger partial charge in [0.15, 0.2) is 0 Å². The van der Waals surface area contributed by atoms with Gasteiger partial charge in [-0.2, -0.15) is 0 Å². The summed E-state index contributed by atoms with van der Waals surface area (Å²) in [5.74, 6) is 1.11. The van der Waals surface area contributed by atoms with Crippen LogP contribution in [0.5, 0.6) is 0 Å². The van der Waals surface area contributed by atoms with Gasteiger partial charge in [0.1, 0.15) is 5.69 Å². The van der Waals surface area contributed by atoms with Crippen LogP contribution in [0.3, 0.4) is 0 Å². The Hall–Kier alpha value is -2.43. The van der Waals surface area contributed by atoms with Gasteiger partial charge in [-0.05, 0) is 63.6 Å². The lowest BCUT2D eigenvalue weighted by atomic mass is 10.0. The fourth-order valence-electron chi connectivity index (χ4n) is 3.74. The lowest BCUT2D eigenvalue weighted by Crippen LogP contribution is -2.36. The molecule has 0 bridgehead atoms. The van der Waals surface area contributed by atoms with Gasteiger partial charge < -0.3 is 10.2 Å². The first kappa shape index (κ1) is 18.4. The van der Waals surface area contributed by atoms with Gasteiger partial charge in [-0.15, -0.1) is 0 Å². The number of nitrogens with zero attached hydrogens (tertiary/aromatic N) is 3. The second-order valence-electron chi connectivity index (χ2n) is 7.62.